The number of oxazole rings is 1. The molecule has 0 saturated heterocycles. The molecule has 0 fully saturated rings. The molecule has 0 radical (unpaired) electrons. The first kappa shape index (κ1) is 7.80. The summed E-state index contributed by atoms with van der Waals surface area (Å²) in [7, 11) is 0. The Labute approximate surface area is 76.5 Å². The lowest BCUT2D eigenvalue weighted by Gasteiger charge is -1.99. The van der Waals surface area contributed by atoms with Crippen LogP contribution in [0.4, 0.5) is 0 Å². The molecule has 0 aliphatic rings. The summed E-state index contributed by atoms with van der Waals surface area (Å²) in [5.41, 5.74) is 2.01. The molecular formula is C11H9NO. The van der Waals surface area contributed by atoms with Crippen molar-refractivity contribution < 1.29 is 4.42 Å². The van der Waals surface area contributed by atoms with E-state index < -0.39 is 0 Å². The van der Waals surface area contributed by atoms with Gasteiger partial charge in [0.1, 0.15) is 6.26 Å². The van der Waals surface area contributed by atoms with Gasteiger partial charge in [-0.1, -0.05) is 30.9 Å². The van der Waals surface area contributed by atoms with Crippen molar-refractivity contribution in [1.82, 2.24) is 4.98 Å². The Kier molecular flexibility index (Phi) is 1.96. The van der Waals surface area contributed by atoms with Crippen LogP contribution < -0.4 is 0 Å². The maximum atomic E-state index is 5.20. The Hall–Kier alpha value is -1.83. The number of rotatable bonds is 2. The smallest absolute Gasteiger partial charge is 0.226 e. The van der Waals surface area contributed by atoms with Crippen molar-refractivity contribution in [2.45, 2.75) is 0 Å². The van der Waals surface area contributed by atoms with Gasteiger partial charge in [0.25, 0.3) is 0 Å². The lowest BCUT2D eigenvalue weighted by Crippen LogP contribution is -1.81. The van der Waals surface area contributed by atoms with E-state index in [0.29, 0.717) is 5.89 Å². The first-order valence-electron chi connectivity index (χ1n) is 4.03. The Morgan fingerprint density at radius 1 is 1.31 bits per heavy atom. The highest BCUT2D eigenvalue weighted by molar-refractivity contribution is 5.68. The second kappa shape index (κ2) is 3.27. The highest BCUT2D eigenvalue weighted by Crippen LogP contribution is 2.22. The number of nitrogens with zero attached hydrogens (tertiary/aromatic N) is 1. The summed E-state index contributed by atoms with van der Waals surface area (Å²) < 4.78 is 5.20. The molecule has 0 N–H and O–H groups in total. The molecule has 1 aromatic heterocycles. The highest BCUT2D eigenvalue weighted by atomic mass is 16.3. The first-order valence-corrected chi connectivity index (χ1v) is 4.03. The summed E-state index contributed by atoms with van der Waals surface area (Å²) >= 11 is 0. The van der Waals surface area contributed by atoms with Crippen LogP contribution in [0.1, 0.15) is 5.56 Å². The van der Waals surface area contributed by atoms with Gasteiger partial charge >= 0.3 is 0 Å². The van der Waals surface area contributed by atoms with Gasteiger partial charge in [-0.3, -0.25) is 0 Å². The van der Waals surface area contributed by atoms with Crippen LogP contribution in [0.3, 0.4) is 0 Å². The molecule has 2 aromatic rings. The van der Waals surface area contributed by atoms with E-state index in [0.717, 1.165) is 11.1 Å². The lowest BCUT2D eigenvalue weighted by molar-refractivity contribution is 0.574. The summed E-state index contributed by atoms with van der Waals surface area (Å²) in [4.78, 5) is 4.08. The van der Waals surface area contributed by atoms with Gasteiger partial charge < -0.3 is 4.42 Å². The minimum absolute atomic E-state index is 0.635. The Bertz CT molecular complexity index is 404. The molecule has 0 atom stereocenters. The molecule has 0 aliphatic heterocycles. The van der Waals surface area contributed by atoms with E-state index in [1.807, 2.05) is 24.3 Å². The quantitative estimate of drug-likeness (QED) is 0.694. The van der Waals surface area contributed by atoms with E-state index in [4.69, 9.17) is 4.42 Å². The standard InChI is InChI=1S/C11H9NO/c1-2-9-5-3-4-6-10(9)11-12-7-8-13-11/h2-8H,1H2. The molecule has 1 aromatic carbocycles. The van der Waals surface area contributed by atoms with Crippen molar-refractivity contribution in [2.75, 3.05) is 0 Å². The average Bonchev–Trinajstić information content (AvgIpc) is 2.70. The Balaban J connectivity index is 2.57. The normalized spacial score (nSPS) is 9.85. The van der Waals surface area contributed by atoms with Crippen LogP contribution >= 0.6 is 0 Å². The Morgan fingerprint density at radius 2 is 2.15 bits per heavy atom. The van der Waals surface area contributed by atoms with Gasteiger partial charge in [0.2, 0.25) is 5.89 Å². The zero-order valence-electron chi connectivity index (χ0n) is 7.10. The van der Waals surface area contributed by atoms with Crippen LogP contribution in [-0.4, -0.2) is 4.98 Å². The fourth-order valence-corrected chi connectivity index (χ4v) is 1.23. The molecule has 0 aliphatic carbocycles. The summed E-state index contributed by atoms with van der Waals surface area (Å²) in [5.74, 6) is 0.635. The van der Waals surface area contributed by atoms with Crippen LogP contribution in [0, 0.1) is 0 Å². The Morgan fingerprint density at radius 3 is 2.85 bits per heavy atom. The maximum absolute atomic E-state index is 5.20. The lowest BCUT2D eigenvalue weighted by atomic mass is 10.1. The van der Waals surface area contributed by atoms with Crippen LogP contribution in [0.15, 0.2) is 47.7 Å². The largest absolute Gasteiger partial charge is 0.445 e. The van der Waals surface area contributed by atoms with Crippen LogP contribution in [0.25, 0.3) is 17.5 Å². The molecule has 0 spiro atoms. The van der Waals surface area contributed by atoms with Crippen molar-refractivity contribution in [2.24, 2.45) is 0 Å². The second-order valence-electron chi connectivity index (χ2n) is 2.63. The number of benzene rings is 1. The van der Waals surface area contributed by atoms with Crippen molar-refractivity contribution >= 4 is 6.08 Å². The third-order valence-corrected chi connectivity index (χ3v) is 1.84. The van der Waals surface area contributed by atoms with Gasteiger partial charge in [0.15, 0.2) is 0 Å². The van der Waals surface area contributed by atoms with Gasteiger partial charge in [-0.15, -0.1) is 0 Å². The molecule has 0 bridgehead atoms. The average molecular weight is 171 g/mol. The van der Waals surface area contributed by atoms with E-state index in [2.05, 4.69) is 11.6 Å². The van der Waals surface area contributed by atoms with E-state index in [9.17, 15) is 0 Å². The third kappa shape index (κ3) is 1.38. The molecule has 0 unspecified atom stereocenters. The van der Waals surface area contributed by atoms with Gasteiger partial charge in [0, 0.05) is 5.56 Å². The summed E-state index contributed by atoms with van der Waals surface area (Å²) in [5, 5.41) is 0. The molecule has 0 amide bonds. The molecule has 2 nitrogen and oxygen atoms in total. The topological polar surface area (TPSA) is 26.0 Å². The van der Waals surface area contributed by atoms with Crippen molar-refractivity contribution in [3.8, 4) is 11.5 Å². The van der Waals surface area contributed by atoms with Gasteiger partial charge in [-0.2, -0.15) is 0 Å². The number of aromatic nitrogens is 1. The predicted molar refractivity (Wildman–Crippen MR) is 52.0 cm³/mol. The minimum Gasteiger partial charge on any atom is -0.445 e. The number of hydrogen-bond acceptors (Lipinski definition) is 2. The molecular weight excluding hydrogens is 162 g/mol. The zero-order chi connectivity index (χ0) is 9.10. The van der Waals surface area contributed by atoms with Crippen LogP contribution in [0.2, 0.25) is 0 Å². The summed E-state index contributed by atoms with van der Waals surface area (Å²) in [6, 6.07) is 7.85. The highest BCUT2D eigenvalue weighted by Gasteiger charge is 2.04. The summed E-state index contributed by atoms with van der Waals surface area (Å²) in [6.45, 7) is 3.73. The van der Waals surface area contributed by atoms with E-state index in [-0.39, 0.29) is 0 Å². The fourth-order valence-electron chi connectivity index (χ4n) is 1.23. The summed E-state index contributed by atoms with van der Waals surface area (Å²) in [6.07, 6.45) is 4.99. The van der Waals surface area contributed by atoms with Crippen LogP contribution in [-0.2, 0) is 0 Å². The molecule has 0 saturated carbocycles. The molecule has 64 valence electrons. The fraction of sp³-hybridized carbons (Fsp3) is 0. The molecule has 1 heterocycles. The maximum Gasteiger partial charge on any atom is 0.226 e. The predicted octanol–water partition coefficient (Wildman–Crippen LogP) is 2.98. The van der Waals surface area contributed by atoms with Crippen LogP contribution in [0.5, 0.6) is 0 Å². The molecule has 13 heavy (non-hydrogen) atoms. The van der Waals surface area contributed by atoms with Gasteiger partial charge in [-0.25, -0.2) is 4.98 Å². The van der Waals surface area contributed by atoms with E-state index >= 15 is 0 Å². The van der Waals surface area contributed by atoms with E-state index in [1.165, 1.54) is 0 Å². The van der Waals surface area contributed by atoms with Gasteiger partial charge in [0.05, 0.1) is 6.20 Å². The van der Waals surface area contributed by atoms with Gasteiger partial charge in [-0.05, 0) is 11.6 Å². The molecule has 2 heteroatoms. The molecule has 2 rings (SSSR count). The first-order chi connectivity index (χ1) is 6.42. The van der Waals surface area contributed by atoms with Crippen molar-refractivity contribution in [1.29, 1.82) is 0 Å². The zero-order valence-corrected chi connectivity index (χ0v) is 7.10. The SMILES string of the molecule is C=Cc1ccccc1-c1ncco1. The van der Waals surface area contributed by atoms with E-state index in [1.54, 1.807) is 18.5 Å². The minimum atomic E-state index is 0.635. The second-order valence-corrected chi connectivity index (χ2v) is 2.63. The van der Waals surface area contributed by atoms with Crippen molar-refractivity contribution in [3.05, 3.63) is 48.9 Å². The van der Waals surface area contributed by atoms with Crippen molar-refractivity contribution in [3.63, 3.8) is 0 Å². The number of hydrogen-bond donors (Lipinski definition) is 0. The monoisotopic (exact) mass is 171 g/mol. The third-order valence-electron chi connectivity index (χ3n) is 1.84.